The van der Waals surface area contributed by atoms with E-state index in [2.05, 4.69) is 10.3 Å². The zero-order valence-corrected chi connectivity index (χ0v) is 10.3. The van der Waals surface area contributed by atoms with Gasteiger partial charge in [-0.2, -0.15) is 0 Å². The van der Waals surface area contributed by atoms with E-state index < -0.39 is 0 Å². The van der Waals surface area contributed by atoms with Crippen LogP contribution in [0.5, 0.6) is 0 Å². The van der Waals surface area contributed by atoms with Crippen molar-refractivity contribution in [1.82, 2.24) is 15.2 Å². The molecule has 0 spiro atoms. The number of nitrogens with one attached hydrogen (secondary N) is 1. The largest absolute Gasteiger partial charge is 0.341 e. The van der Waals surface area contributed by atoms with Crippen LogP contribution in [-0.4, -0.2) is 41.5 Å². The molecule has 1 N–H and O–H groups in total. The summed E-state index contributed by atoms with van der Waals surface area (Å²) in [6.45, 7) is 4.56. The number of hydrogen-bond acceptors (Lipinski definition) is 4. The molecule has 4 nitrogen and oxygen atoms in total. The molecule has 0 aliphatic carbocycles. The van der Waals surface area contributed by atoms with Gasteiger partial charge >= 0.3 is 0 Å². The first-order valence-corrected chi connectivity index (χ1v) is 6.64. The summed E-state index contributed by atoms with van der Waals surface area (Å²) < 4.78 is 0. The number of likely N-dealkylation sites (tertiary alicyclic amines) is 1. The molecule has 16 heavy (non-hydrogen) atoms. The smallest absolute Gasteiger partial charge is 0.239 e. The van der Waals surface area contributed by atoms with Crippen molar-refractivity contribution >= 4 is 17.2 Å². The van der Waals surface area contributed by atoms with E-state index >= 15 is 0 Å². The Morgan fingerprint density at radius 2 is 2.56 bits per heavy atom. The van der Waals surface area contributed by atoms with Gasteiger partial charge in [0.25, 0.3) is 0 Å². The van der Waals surface area contributed by atoms with Crippen LogP contribution in [-0.2, 0) is 11.2 Å². The molecule has 88 valence electrons. The van der Waals surface area contributed by atoms with Crippen molar-refractivity contribution < 1.29 is 4.79 Å². The molecule has 1 fully saturated rings. The molecule has 0 saturated carbocycles. The summed E-state index contributed by atoms with van der Waals surface area (Å²) in [5.41, 5.74) is 2.92. The van der Waals surface area contributed by atoms with Crippen molar-refractivity contribution in [2.24, 2.45) is 0 Å². The summed E-state index contributed by atoms with van der Waals surface area (Å²) in [6, 6.07) is 0.0421. The fourth-order valence-electron chi connectivity index (χ4n) is 2.01. The van der Waals surface area contributed by atoms with Gasteiger partial charge in [-0.1, -0.05) is 6.92 Å². The highest BCUT2D eigenvalue weighted by Crippen LogP contribution is 2.12. The molecule has 5 heteroatoms. The van der Waals surface area contributed by atoms with E-state index in [1.807, 2.05) is 22.7 Å². The van der Waals surface area contributed by atoms with Gasteiger partial charge in [-0.25, -0.2) is 4.98 Å². The van der Waals surface area contributed by atoms with Crippen LogP contribution in [0.1, 0.15) is 19.0 Å². The third-order valence-corrected chi connectivity index (χ3v) is 3.50. The number of aromatic nitrogens is 1. The van der Waals surface area contributed by atoms with Gasteiger partial charge in [0.2, 0.25) is 5.91 Å². The lowest BCUT2D eigenvalue weighted by Crippen LogP contribution is -2.38. The molecule has 2 rings (SSSR count). The van der Waals surface area contributed by atoms with Crippen molar-refractivity contribution in [1.29, 1.82) is 0 Å². The number of hydrogen-bond donors (Lipinski definition) is 1. The maximum Gasteiger partial charge on any atom is 0.239 e. The molecule has 2 heterocycles. The summed E-state index contributed by atoms with van der Waals surface area (Å²) >= 11 is 1.60. The predicted molar refractivity (Wildman–Crippen MR) is 64.5 cm³/mol. The topological polar surface area (TPSA) is 45.2 Å². The first-order valence-electron chi connectivity index (χ1n) is 5.70. The van der Waals surface area contributed by atoms with E-state index in [9.17, 15) is 4.79 Å². The molecule has 1 atom stereocenters. The highest BCUT2D eigenvalue weighted by molar-refractivity contribution is 7.07. The average Bonchev–Trinajstić information content (AvgIpc) is 2.89. The third-order valence-electron chi connectivity index (χ3n) is 2.87. The van der Waals surface area contributed by atoms with Crippen LogP contribution in [0.3, 0.4) is 0 Å². The van der Waals surface area contributed by atoms with Crippen molar-refractivity contribution in [2.45, 2.75) is 25.8 Å². The first kappa shape index (κ1) is 11.5. The van der Waals surface area contributed by atoms with E-state index in [1.54, 1.807) is 11.3 Å². The van der Waals surface area contributed by atoms with Gasteiger partial charge in [-0.05, 0) is 13.0 Å². The van der Waals surface area contributed by atoms with E-state index in [0.29, 0.717) is 0 Å². The van der Waals surface area contributed by atoms with Crippen molar-refractivity contribution in [3.05, 3.63) is 16.6 Å². The number of amides is 1. The SMILES string of the molecule is CCNC1CCN(CCc2cscn2)C1=O. The number of likely N-dealkylation sites (N-methyl/N-ethyl adjacent to an activating group) is 1. The van der Waals surface area contributed by atoms with Crippen LogP contribution < -0.4 is 5.32 Å². The van der Waals surface area contributed by atoms with Gasteiger partial charge < -0.3 is 10.2 Å². The van der Waals surface area contributed by atoms with Crippen LogP contribution >= 0.6 is 11.3 Å². The lowest BCUT2D eigenvalue weighted by atomic mass is 10.2. The molecule has 1 saturated heterocycles. The first-order chi connectivity index (χ1) is 7.81. The van der Waals surface area contributed by atoms with Gasteiger partial charge in [0, 0.05) is 24.9 Å². The lowest BCUT2D eigenvalue weighted by Gasteiger charge is -2.16. The van der Waals surface area contributed by atoms with Gasteiger partial charge in [-0.3, -0.25) is 4.79 Å². The van der Waals surface area contributed by atoms with Crippen molar-refractivity contribution in [2.75, 3.05) is 19.6 Å². The Labute approximate surface area is 99.7 Å². The summed E-state index contributed by atoms with van der Waals surface area (Å²) in [7, 11) is 0. The van der Waals surface area contributed by atoms with Crippen LogP contribution in [0.25, 0.3) is 0 Å². The van der Waals surface area contributed by atoms with Crippen LogP contribution in [0.4, 0.5) is 0 Å². The minimum atomic E-state index is 0.0421. The minimum absolute atomic E-state index is 0.0421. The monoisotopic (exact) mass is 239 g/mol. The van der Waals surface area contributed by atoms with E-state index in [1.165, 1.54) is 0 Å². The Bertz CT molecular complexity index is 339. The quantitative estimate of drug-likeness (QED) is 0.830. The van der Waals surface area contributed by atoms with Gasteiger partial charge in [0.1, 0.15) is 0 Å². The third kappa shape index (κ3) is 2.59. The minimum Gasteiger partial charge on any atom is -0.341 e. The second-order valence-corrected chi connectivity index (χ2v) is 4.67. The molecule has 0 aromatic carbocycles. The standard InChI is InChI=1S/C11H17N3OS/c1-2-12-10-4-6-14(11(10)15)5-3-9-7-16-8-13-9/h7-8,10,12H,2-6H2,1H3. The molecule has 1 amide bonds. The fraction of sp³-hybridized carbons (Fsp3) is 0.636. The summed E-state index contributed by atoms with van der Waals surface area (Å²) in [5, 5.41) is 5.26. The summed E-state index contributed by atoms with van der Waals surface area (Å²) in [6.07, 6.45) is 1.80. The number of thiazole rings is 1. The normalized spacial score (nSPS) is 20.7. The summed E-state index contributed by atoms with van der Waals surface area (Å²) in [5.74, 6) is 0.247. The predicted octanol–water partition coefficient (Wildman–Crippen LogP) is 0.896. The fourth-order valence-corrected chi connectivity index (χ4v) is 2.60. The number of carbonyl (C=O) groups excluding carboxylic acids is 1. The molecule has 1 aliphatic rings. The van der Waals surface area contributed by atoms with E-state index in [-0.39, 0.29) is 11.9 Å². The Kier molecular flexibility index (Phi) is 3.90. The summed E-state index contributed by atoms with van der Waals surface area (Å²) in [4.78, 5) is 18.1. The van der Waals surface area contributed by atoms with Crippen LogP contribution in [0, 0.1) is 0 Å². The molecule has 0 radical (unpaired) electrons. The van der Waals surface area contributed by atoms with Gasteiger partial charge in [-0.15, -0.1) is 11.3 Å². The Hall–Kier alpha value is -0.940. The molecule has 1 aromatic heterocycles. The zero-order valence-electron chi connectivity index (χ0n) is 9.48. The Balaban J connectivity index is 1.81. The molecule has 0 bridgehead atoms. The Morgan fingerprint density at radius 3 is 3.25 bits per heavy atom. The van der Waals surface area contributed by atoms with Crippen LogP contribution in [0.15, 0.2) is 10.9 Å². The number of rotatable bonds is 5. The second-order valence-electron chi connectivity index (χ2n) is 3.95. The van der Waals surface area contributed by atoms with Gasteiger partial charge in [0.15, 0.2) is 0 Å². The maximum atomic E-state index is 11.9. The molecule has 1 aromatic rings. The van der Waals surface area contributed by atoms with Crippen molar-refractivity contribution in [3.63, 3.8) is 0 Å². The van der Waals surface area contributed by atoms with E-state index in [4.69, 9.17) is 0 Å². The average molecular weight is 239 g/mol. The molecule has 1 unspecified atom stereocenters. The van der Waals surface area contributed by atoms with Gasteiger partial charge in [0.05, 0.1) is 17.2 Å². The lowest BCUT2D eigenvalue weighted by molar-refractivity contribution is -0.129. The highest BCUT2D eigenvalue weighted by Gasteiger charge is 2.30. The van der Waals surface area contributed by atoms with Crippen molar-refractivity contribution in [3.8, 4) is 0 Å². The molecule has 1 aliphatic heterocycles. The zero-order chi connectivity index (χ0) is 11.4. The van der Waals surface area contributed by atoms with Crippen LogP contribution in [0.2, 0.25) is 0 Å². The number of nitrogens with zero attached hydrogens (tertiary/aromatic N) is 2. The van der Waals surface area contributed by atoms with E-state index in [0.717, 1.165) is 38.2 Å². The highest BCUT2D eigenvalue weighted by atomic mass is 32.1. The molecular formula is C11H17N3OS. The number of carbonyl (C=O) groups is 1. The maximum absolute atomic E-state index is 11.9. The second kappa shape index (κ2) is 5.41. The molecular weight excluding hydrogens is 222 g/mol. The Morgan fingerprint density at radius 1 is 1.69 bits per heavy atom.